The highest BCUT2D eigenvalue weighted by molar-refractivity contribution is 7.89. The lowest BCUT2D eigenvalue weighted by atomic mass is 9.97. The van der Waals surface area contributed by atoms with Gasteiger partial charge in [0.25, 0.3) is 10.0 Å². The van der Waals surface area contributed by atoms with Crippen LogP contribution in [0.25, 0.3) is 0 Å². The van der Waals surface area contributed by atoms with Crippen LogP contribution in [0, 0.1) is 18.8 Å². The number of methoxy groups -OCH3 is 1. The zero-order valence-electron chi connectivity index (χ0n) is 20.7. The van der Waals surface area contributed by atoms with Gasteiger partial charge in [-0.05, 0) is 49.8 Å². The van der Waals surface area contributed by atoms with E-state index >= 15 is 0 Å². The van der Waals surface area contributed by atoms with Gasteiger partial charge in [0.05, 0.1) is 13.7 Å². The maximum Gasteiger partial charge on any atom is 0.262 e. The Labute approximate surface area is 202 Å². The number of sulfonamides is 1. The number of benzene rings is 1. The highest BCUT2D eigenvalue weighted by Gasteiger charge is 2.33. The van der Waals surface area contributed by atoms with Gasteiger partial charge in [-0.3, -0.25) is 4.79 Å². The summed E-state index contributed by atoms with van der Waals surface area (Å²) in [5.74, 6) is 2.24. The average Bonchev–Trinajstić information content (AvgIpc) is 3.16. The standard InChI is InChI=1S/C24H36N4O5S/c1-17(2)10-13-33-21-7-6-19(14-22(21)32-5)15-25-24(29)20-8-11-28(12-9-20)34(30,31)23-16-27(4)18(3)26-23/h6-7,14,16-17,20H,8-13,15H2,1-5H3,(H,25,29). The molecule has 3 rings (SSSR count). The van der Waals surface area contributed by atoms with Crippen LogP contribution in [-0.2, 0) is 28.4 Å². The number of piperidine rings is 1. The van der Waals surface area contributed by atoms with E-state index in [1.165, 1.54) is 10.5 Å². The summed E-state index contributed by atoms with van der Waals surface area (Å²) in [5.41, 5.74) is 0.909. The molecule has 0 atom stereocenters. The van der Waals surface area contributed by atoms with E-state index in [1.54, 1.807) is 25.6 Å². The van der Waals surface area contributed by atoms with Gasteiger partial charge in [0.2, 0.25) is 5.91 Å². The molecule has 2 aromatic rings. The fraction of sp³-hybridized carbons (Fsp3) is 0.583. The van der Waals surface area contributed by atoms with Crippen molar-refractivity contribution in [1.29, 1.82) is 0 Å². The van der Waals surface area contributed by atoms with Crippen molar-refractivity contribution in [3.63, 3.8) is 0 Å². The van der Waals surface area contributed by atoms with Crippen molar-refractivity contribution in [1.82, 2.24) is 19.2 Å². The number of nitrogens with zero attached hydrogens (tertiary/aromatic N) is 3. The molecule has 10 heteroatoms. The van der Waals surface area contributed by atoms with Gasteiger partial charge in [0.1, 0.15) is 5.82 Å². The average molecular weight is 493 g/mol. The molecule has 0 bridgehead atoms. The monoisotopic (exact) mass is 492 g/mol. The van der Waals surface area contributed by atoms with Crippen molar-refractivity contribution in [2.75, 3.05) is 26.8 Å². The molecule has 0 spiro atoms. The highest BCUT2D eigenvalue weighted by atomic mass is 32.2. The van der Waals surface area contributed by atoms with Crippen LogP contribution >= 0.6 is 0 Å². The zero-order valence-corrected chi connectivity index (χ0v) is 21.5. The van der Waals surface area contributed by atoms with E-state index in [9.17, 15) is 13.2 Å². The molecule has 0 unspecified atom stereocenters. The smallest absolute Gasteiger partial charge is 0.262 e. The van der Waals surface area contributed by atoms with Gasteiger partial charge in [-0.15, -0.1) is 0 Å². The third-order valence-corrected chi connectivity index (χ3v) is 7.93. The molecular weight excluding hydrogens is 456 g/mol. The van der Waals surface area contributed by atoms with Crippen molar-refractivity contribution in [3.05, 3.63) is 35.8 Å². The highest BCUT2D eigenvalue weighted by Crippen LogP contribution is 2.29. The van der Waals surface area contributed by atoms with Gasteiger partial charge in [-0.2, -0.15) is 4.31 Å². The van der Waals surface area contributed by atoms with Crippen LogP contribution < -0.4 is 14.8 Å². The summed E-state index contributed by atoms with van der Waals surface area (Å²) in [6.45, 7) is 7.65. The molecule has 1 aromatic heterocycles. The first-order valence-electron chi connectivity index (χ1n) is 11.7. The molecule has 1 amide bonds. The summed E-state index contributed by atoms with van der Waals surface area (Å²) in [4.78, 5) is 16.9. The molecule has 2 heterocycles. The lowest BCUT2D eigenvalue weighted by Gasteiger charge is -2.30. The number of aryl methyl sites for hydroxylation is 2. The molecule has 1 aromatic carbocycles. The number of hydrogen-bond acceptors (Lipinski definition) is 6. The van der Waals surface area contributed by atoms with Gasteiger partial charge < -0.3 is 19.4 Å². The number of nitrogens with one attached hydrogen (secondary N) is 1. The maximum absolute atomic E-state index is 12.9. The minimum atomic E-state index is -3.65. The van der Waals surface area contributed by atoms with Crippen molar-refractivity contribution >= 4 is 15.9 Å². The quantitative estimate of drug-likeness (QED) is 0.547. The number of hydrogen-bond donors (Lipinski definition) is 1. The normalized spacial score (nSPS) is 15.5. The topological polar surface area (TPSA) is 103 Å². The van der Waals surface area contributed by atoms with E-state index in [1.807, 2.05) is 18.2 Å². The van der Waals surface area contributed by atoms with E-state index in [0.717, 1.165) is 12.0 Å². The minimum absolute atomic E-state index is 0.0565. The molecule has 1 fully saturated rings. The first-order chi connectivity index (χ1) is 16.1. The van der Waals surface area contributed by atoms with E-state index < -0.39 is 10.0 Å². The second-order valence-corrected chi connectivity index (χ2v) is 11.0. The minimum Gasteiger partial charge on any atom is -0.493 e. The summed E-state index contributed by atoms with van der Waals surface area (Å²) in [7, 11) is -0.285. The number of ether oxygens (including phenoxy) is 2. The molecule has 34 heavy (non-hydrogen) atoms. The van der Waals surface area contributed by atoms with Crippen LogP contribution in [0.4, 0.5) is 0 Å². The summed E-state index contributed by atoms with van der Waals surface area (Å²) in [6, 6.07) is 5.65. The second kappa shape index (κ2) is 11.2. The van der Waals surface area contributed by atoms with E-state index in [4.69, 9.17) is 9.47 Å². The SMILES string of the molecule is COc1cc(CNC(=O)C2CCN(S(=O)(=O)c3cn(C)c(C)n3)CC2)ccc1OCCC(C)C. The molecular formula is C24H36N4O5S. The Balaban J connectivity index is 1.51. The fourth-order valence-corrected chi connectivity index (χ4v) is 5.32. The van der Waals surface area contributed by atoms with Crippen molar-refractivity contribution in [3.8, 4) is 11.5 Å². The Morgan fingerprint density at radius 3 is 2.53 bits per heavy atom. The van der Waals surface area contributed by atoms with Gasteiger partial charge in [0.15, 0.2) is 16.5 Å². The van der Waals surface area contributed by atoms with Crippen molar-refractivity contribution in [2.45, 2.75) is 51.6 Å². The fourth-order valence-electron chi connectivity index (χ4n) is 3.82. The van der Waals surface area contributed by atoms with Gasteiger partial charge in [-0.1, -0.05) is 19.9 Å². The Hall–Kier alpha value is -2.59. The molecule has 188 valence electrons. The molecule has 1 aliphatic rings. The predicted molar refractivity (Wildman–Crippen MR) is 129 cm³/mol. The number of carbonyl (C=O) groups excluding carboxylic acids is 1. The summed E-state index contributed by atoms with van der Waals surface area (Å²) in [6.07, 6.45) is 3.44. The molecule has 9 nitrogen and oxygen atoms in total. The van der Waals surface area contributed by atoms with Crippen molar-refractivity contribution in [2.24, 2.45) is 18.9 Å². The van der Waals surface area contributed by atoms with Crippen LogP contribution in [0.15, 0.2) is 29.4 Å². The Morgan fingerprint density at radius 2 is 1.94 bits per heavy atom. The Morgan fingerprint density at radius 1 is 1.24 bits per heavy atom. The Bertz CT molecular complexity index is 1070. The molecule has 0 radical (unpaired) electrons. The summed E-state index contributed by atoms with van der Waals surface area (Å²) >= 11 is 0. The lowest BCUT2D eigenvalue weighted by Crippen LogP contribution is -2.43. The largest absolute Gasteiger partial charge is 0.493 e. The van der Waals surface area contributed by atoms with Gasteiger partial charge >= 0.3 is 0 Å². The predicted octanol–water partition coefficient (Wildman–Crippen LogP) is 2.88. The molecule has 1 aliphatic heterocycles. The van der Waals surface area contributed by atoms with E-state index in [-0.39, 0.29) is 16.9 Å². The number of rotatable bonds is 10. The van der Waals surface area contributed by atoms with Crippen LogP contribution in [0.2, 0.25) is 0 Å². The maximum atomic E-state index is 12.9. The summed E-state index contributed by atoms with van der Waals surface area (Å²) in [5, 5.41) is 3.03. The van der Waals surface area contributed by atoms with Crippen LogP contribution in [0.3, 0.4) is 0 Å². The van der Waals surface area contributed by atoms with Gasteiger partial charge in [-0.25, -0.2) is 13.4 Å². The lowest BCUT2D eigenvalue weighted by molar-refractivity contribution is -0.126. The third kappa shape index (κ3) is 6.29. The van der Waals surface area contributed by atoms with E-state index in [2.05, 4.69) is 24.1 Å². The van der Waals surface area contributed by atoms with Gasteiger partial charge in [0, 0.05) is 38.8 Å². The van der Waals surface area contributed by atoms with E-state index in [0.29, 0.717) is 62.3 Å². The Kier molecular flexibility index (Phi) is 8.59. The van der Waals surface area contributed by atoms with Crippen LogP contribution in [0.1, 0.15) is 44.5 Å². The van der Waals surface area contributed by atoms with Crippen molar-refractivity contribution < 1.29 is 22.7 Å². The number of imidazole rings is 1. The second-order valence-electron chi connectivity index (χ2n) is 9.15. The summed E-state index contributed by atoms with van der Waals surface area (Å²) < 4.78 is 40.1. The van der Waals surface area contributed by atoms with Crippen LogP contribution in [0.5, 0.6) is 11.5 Å². The molecule has 1 N–H and O–H groups in total. The van der Waals surface area contributed by atoms with Crippen LogP contribution in [-0.4, -0.2) is 55.0 Å². The molecule has 0 aliphatic carbocycles. The molecule has 1 saturated heterocycles. The first-order valence-corrected chi connectivity index (χ1v) is 13.1. The number of carbonyl (C=O) groups is 1. The molecule has 0 saturated carbocycles. The first kappa shape index (κ1) is 26.0. The zero-order chi connectivity index (χ0) is 24.9. The number of aromatic nitrogens is 2. The third-order valence-electron chi connectivity index (χ3n) is 6.16. The number of amides is 1.